The van der Waals surface area contributed by atoms with Crippen LogP contribution in [0.25, 0.3) is 6.08 Å². The molecule has 7 heteroatoms. The molecule has 0 atom stereocenters. The summed E-state index contributed by atoms with van der Waals surface area (Å²) in [6.07, 6.45) is 1.67. The second kappa shape index (κ2) is 7.34. The van der Waals surface area contributed by atoms with Crippen molar-refractivity contribution in [2.24, 2.45) is 0 Å². The van der Waals surface area contributed by atoms with E-state index in [2.05, 4.69) is 5.32 Å². The summed E-state index contributed by atoms with van der Waals surface area (Å²) >= 11 is 12.2. The van der Waals surface area contributed by atoms with E-state index >= 15 is 0 Å². The summed E-state index contributed by atoms with van der Waals surface area (Å²) in [6.45, 7) is 0.202. The largest absolute Gasteiger partial charge is 0.488 e. The lowest BCUT2D eigenvalue weighted by atomic mass is 10.1. The van der Waals surface area contributed by atoms with E-state index in [1.54, 1.807) is 36.4 Å². The maximum Gasteiger partial charge on any atom is 0.263 e. The standard InChI is InChI=1S/C17H11ClFNO2S2/c18-12-4-5-14(22-9-10-2-1-3-13(19)6-10)11(7-12)8-15-16(21)20-17(23)24-15/h1-8H,9H2,(H,20,21,23)/b15-8-. The average Bonchev–Trinajstić information content (AvgIpc) is 2.84. The topological polar surface area (TPSA) is 38.3 Å². The predicted octanol–water partition coefficient (Wildman–Crippen LogP) is 4.55. The van der Waals surface area contributed by atoms with Gasteiger partial charge in [-0.05, 0) is 42.0 Å². The van der Waals surface area contributed by atoms with Crippen LogP contribution in [0, 0.1) is 5.82 Å². The predicted molar refractivity (Wildman–Crippen MR) is 98.5 cm³/mol. The van der Waals surface area contributed by atoms with E-state index in [1.165, 1.54) is 23.9 Å². The molecule has 0 saturated carbocycles. The molecule has 0 unspecified atom stereocenters. The van der Waals surface area contributed by atoms with Crippen LogP contribution in [-0.2, 0) is 11.4 Å². The van der Waals surface area contributed by atoms with Gasteiger partial charge >= 0.3 is 0 Å². The molecule has 0 radical (unpaired) electrons. The van der Waals surface area contributed by atoms with E-state index in [1.807, 2.05) is 0 Å². The number of carbonyl (C=O) groups is 1. The molecule has 3 rings (SSSR count). The molecule has 1 aliphatic rings. The van der Waals surface area contributed by atoms with E-state index in [0.29, 0.717) is 31.1 Å². The number of carbonyl (C=O) groups excluding carboxylic acids is 1. The molecule has 0 aromatic heterocycles. The second-order valence-electron chi connectivity index (χ2n) is 4.95. The third-order valence-corrected chi connectivity index (χ3v) is 4.58. The highest BCUT2D eigenvalue weighted by Crippen LogP contribution is 2.31. The van der Waals surface area contributed by atoms with Crippen molar-refractivity contribution in [1.82, 2.24) is 5.32 Å². The van der Waals surface area contributed by atoms with E-state index in [0.717, 1.165) is 0 Å². The number of hydrogen-bond donors (Lipinski definition) is 1. The van der Waals surface area contributed by atoms with Crippen LogP contribution >= 0.6 is 35.6 Å². The number of halogens is 2. The fourth-order valence-electron chi connectivity index (χ4n) is 2.11. The Labute approximate surface area is 152 Å². The van der Waals surface area contributed by atoms with Crippen molar-refractivity contribution in [3.63, 3.8) is 0 Å². The molecule has 3 nitrogen and oxygen atoms in total. The summed E-state index contributed by atoms with van der Waals surface area (Å²) in [6, 6.07) is 11.3. The highest BCUT2D eigenvalue weighted by atomic mass is 35.5. The van der Waals surface area contributed by atoms with Crippen molar-refractivity contribution in [2.45, 2.75) is 6.61 Å². The Balaban J connectivity index is 1.84. The number of rotatable bonds is 4. The molecule has 122 valence electrons. The van der Waals surface area contributed by atoms with Gasteiger partial charge in [-0.2, -0.15) is 0 Å². The van der Waals surface area contributed by atoms with Gasteiger partial charge in [-0.3, -0.25) is 4.79 Å². The Morgan fingerprint density at radius 1 is 1.29 bits per heavy atom. The average molecular weight is 380 g/mol. The molecule has 1 heterocycles. The number of nitrogens with one attached hydrogen (secondary N) is 1. The fourth-order valence-corrected chi connectivity index (χ4v) is 3.33. The lowest BCUT2D eigenvalue weighted by Gasteiger charge is -2.10. The quantitative estimate of drug-likeness (QED) is 0.625. The summed E-state index contributed by atoms with van der Waals surface area (Å²) in [5, 5.41) is 3.08. The van der Waals surface area contributed by atoms with Gasteiger partial charge in [-0.25, -0.2) is 4.39 Å². The zero-order valence-corrected chi connectivity index (χ0v) is 14.6. The molecule has 2 aromatic carbocycles. The van der Waals surface area contributed by atoms with Crippen molar-refractivity contribution in [2.75, 3.05) is 0 Å². The summed E-state index contributed by atoms with van der Waals surface area (Å²) in [4.78, 5) is 12.3. The molecular weight excluding hydrogens is 369 g/mol. The van der Waals surface area contributed by atoms with Gasteiger partial charge in [0.25, 0.3) is 5.91 Å². The smallest absolute Gasteiger partial charge is 0.263 e. The molecule has 1 fully saturated rings. The molecular formula is C17H11ClFNO2S2. The monoisotopic (exact) mass is 379 g/mol. The van der Waals surface area contributed by atoms with Crippen LogP contribution in [0.4, 0.5) is 4.39 Å². The maximum absolute atomic E-state index is 13.2. The number of ether oxygens (including phenoxy) is 1. The molecule has 1 aliphatic heterocycles. The third kappa shape index (κ3) is 4.14. The summed E-state index contributed by atoms with van der Waals surface area (Å²) in [5.74, 6) is -0.0227. The van der Waals surface area contributed by atoms with Gasteiger partial charge < -0.3 is 10.1 Å². The van der Waals surface area contributed by atoms with Gasteiger partial charge in [-0.1, -0.05) is 47.7 Å². The van der Waals surface area contributed by atoms with Gasteiger partial charge in [0.15, 0.2) is 0 Å². The second-order valence-corrected chi connectivity index (χ2v) is 7.11. The molecule has 0 spiro atoms. The first-order chi connectivity index (χ1) is 11.5. The number of amides is 1. The van der Waals surface area contributed by atoms with E-state index in [4.69, 9.17) is 28.6 Å². The third-order valence-electron chi connectivity index (χ3n) is 3.18. The Hall–Kier alpha value is -1.89. The van der Waals surface area contributed by atoms with Gasteiger partial charge in [0.2, 0.25) is 0 Å². The Morgan fingerprint density at radius 2 is 2.12 bits per heavy atom. The van der Waals surface area contributed by atoms with Gasteiger partial charge in [0.1, 0.15) is 22.5 Å². The molecule has 1 N–H and O–H groups in total. The number of benzene rings is 2. The van der Waals surface area contributed by atoms with Crippen molar-refractivity contribution >= 4 is 51.9 Å². The van der Waals surface area contributed by atoms with Crippen LogP contribution in [0.5, 0.6) is 5.75 Å². The van der Waals surface area contributed by atoms with Crippen molar-refractivity contribution in [3.05, 3.63) is 69.3 Å². The Bertz CT molecular complexity index is 854. The maximum atomic E-state index is 13.2. The van der Waals surface area contributed by atoms with Crippen LogP contribution in [0.1, 0.15) is 11.1 Å². The van der Waals surface area contributed by atoms with E-state index in [-0.39, 0.29) is 18.3 Å². The molecule has 0 aliphatic carbocycles. The zero-order valence-electron chi connectivity index (χ0n) is 12.2. The van der Waals surface area contributed by atoms with Crippen LogP contribution in [0.2, 0.25) is 5.02 Å². The molecule has 1 amide bonds. The SMILES string of the molecule is O=C1NC(=S)S/C1=C\c1cc(Cl)ccc1OCc1cccc(F)c1. The molecule has 0 bridgehead atoms. The van der Waals surface area contributed by atoms with Gasteiger partial charge in [-0.15, -0.1) is 0 Å². The van der Waals surface area contributed by atoms with Gasteiger partial charge in [0, 0.05) is 10.6 Å². The number of thioether (sulfide) groups is 1. The summed E-state index contributed by atoms with van der Waals surface area (Å²) in [5.41, 5.74) is 1.36. The fraction of sp³-hybridized carbons (Fsp3) is 0.0588. The number of thiocarbonyl (C=S) groups is 1. The minimum Gasteiger partial charge on any atom is -0.488 e. The number of hydrogen-bond acceptors (Lipinski definition) is 4. The van der Waals surface area contributed by atoms with Crippen LogP contribution in [-0.4, -0.2) is 10.2 Å². The molecule has 24 heavy (non-hydrogen) atoms. The summed E-state index contributed by atoms with van der Waals surface area (Å²) in [7, 11) is 0. The lowest BCUT2D eigenvalue weighted by Crippen LogP contribution is -2.17. The van der Waals surface area contributed by atoms with Crippen molar-refractivity contribution < 1.29 is 13.9 Å². The normalized spacial score (nSPS) is 15.7. The van der Waals surface area contributed by atoms with Crippen molar-refractivity contribution in [3.8, 4) is 5.75 Å². The highest BCUT2D eigenvalue weighted by Gasteiger charge is 2.22. The minimum absolute atomic E-state index is 0.202. The van der Waals surface area contributed by atoms with Crippen LogP contribution in [0.3, 0.4) is 0 Å². The minimum atomic E-state index is -0.318. The van der Waals surface area contributed by atoms with E-state index < -0.39 is 0 Å². The zero-order chi connectivity index (χ0) is 17.1. The Kier molecular flexibility index (Phi) is 5.18. The molecule has 2 aromatic rings. The van der Waals surface area contributed by atoms with Crippen LogP contribution < -0.4 is 10.1 Å². The Morgan fingerprint density at radius 3 is 2.83 bits per heavy atom. The van der Waals surface area contributed by atoms with E-state index in [9.17, 15) is 9.18 Å². The first-order valence-corrected chi connectivity index (χ1v) is 8.53. The molecule has 1 saturated heterocycles. The van der Waals surface area contributed by atoms with Gasteiger partial charge in [0.05, 0.1) is 4.91 Å². The van der Waals surface area contributed by atoms with Crippen molar-refractivity contribution in [1.29, 1.82) is 0 Å². The first kappa shape index (κ1) is 17.0. The highest BCUT2D eigenvalue weighted by molar-refractivity contribution is 8.26. The van der Waals surface area contributed by atoms with Crippen LogP contribution in [0.15, 0.2) is 47.4 Å². The first-order valence-electron chi connectivity index (χ1n) is 6.93. The lowest BCUT2D eigenvalue weighted by molar-refractivity contribution is -0.115. The summed E-state index contributed by atoms with van der Waals surface area (Å²) < 4.78 is 19.4.